The number of Topliss-reactive ketones (excluding diaryl/α,β-unsaturated/α-hetero) is 1. The van der Waals surface area contributed by atoms with Gasteiger partial charge in [0.25, 0.3) is 0 Å². The van der Waals surface area contributed by atoms with Crippen molar-refractivity contribution in [2.75, 3.05) is 23.2 Å². The van der Waals surface area contributed by atoms with Crippen molar-refractivity contribution >= 4 is 49.5 Å². The van der Waals surface area contributed by atoms with E-state index in [4.69, 9.17) is 4.74 Å². The molecule has 2 aromatic rings. The van der Waals surface area contributed by atoms with E-state index in [1.54, 1.807) is 31.2 Å². The molecular weight excluding hydrogens is 458 g/mol. The van der Waals surface area contributed by atoms with Gasteiger partial charge in [0.1, 0.15) is 0 Å². The molecular formula is C21H20BrNO5S. The predicted octanol–water partition coefficient (Wildman–Crippen LogP) is 3.60. The first kappa shape index (κ1) is 21.3. The molecule has 0 unspecified atom stereocenters. The lowest BCUT2D eigenvalue weighted by atomic mass is 10.1. The number of anilines is 1. The maximum absolute atomic E-state index is 12.4. The van der Waals surface area contributed by atoms with Gasteiger partial charge in [-0.05, 0) is 60.9 Å². The maximum Gasteiger partial charge on any atom is 0.331 e. The van der Waals surface area contributed by atoms with E-state index < -0.39 is 16.0 Å². The number of ketones is 1. The van der Waals surface area contributed by atoms with E-state index in [0.29, 0.717) is 24.2 Å². The molecule has 1 heterocycles. The van der Waals surface area contributed by atoms with Gasteiger partial charge in [0, 0.05) is 22.7 Å². The highest BCUT2D eigenvalue weighted by Gasteiger charge is 2.28. The van der Waals surface area contributed by atoms with E-state index >= 15 is 0 Å². The predicted molar refractivity (Wildman–Crippen MR) is 115 cm³/mol. The molecule has 1 aliphatic rings. The molecule has 1 aliphatic heterocycles. The van der Waals surface area contributed by atoms with Crippen LogP contribution < -0.4 is 4.31 Å². The largest absolute Gasteiger partial charge is 0.454 e. The molecule has 0 saturated carbocycles. The van der Waals surface area contributed by atoms with E-state index in [1.807, 2.05) is 24.3 Å². The Hall–Kier alpha value is -2.45. The Labute approximate surface area is 178 Å². The lowest BCUT2D eigenvalue weighted by molar-refractivity contribution is -0.136. The van der Waals surface area contributed by atoms with E-state index in [-0.39, 0.29) is 18.1 Å². The van der Waals surface area contributed by atoms with Gasteiger partial charge in [-0.2, -0.15) is 0 Å². The average Bonchev–Trinajstić information content (AvgIpc) is 3.15. The Morgan fingerprint density at radius 1 is 1.17 bits per heavy atom. The summed E-state index contributed by atoms with van der Waals surface area (Å²) in [6.07, 6.45) is 3.43. The third kappa shape index (κ3) is 5.13. The molecule has 29 heavy (non-hydrogen) atoms. The summed E-state index contributed by atoms with van der Waals surface area (Å²) < 4.78 is 31.6. The van der Waals surface area contributed by atoms with Crippen molar-refractivity contribution in [1.82, 2.24) is 0 Å². The summed E-state index contributed by atoms with van der Waals surface area (Å²) in [7, 11) is -3.33. The Morgan fingerprint density at radius 2 is 1.90 bits per heavy atom. The number of hydrogen-bond acceptors (Lipinski definition) is 5. The van der Waals surface area contributed by atoms with Crippen LogP contribution in [-0.2, 0) is 26.0 Å². The molecule has 0 aromatic heterocycles. The zero-order valence-electron chi connectivity index (χ0n) is 15.8. The fourth-order valence-electron chi connectivity index (χ4n) is 3.00. The van der Waals surface area contributed by atoms with E-state index in [0.717, 1.165) is 15.6 Å². The smallest absolute Gasteiger partial charge is 0.331 e. The number of rotatable bonds is 7. The van der Waals surface area contributed by atoms with Crippen LogP contribution in [0.1, 0.15) is 28.4 Å². The summed E-state index contributed by atoms with van der Waals surface area (Å²) in [5.41, 5.74) is 2.64. The first-order valence-electron chi connectivity index (χ1n) is 9.07. The minimum absolute atomic E-state index is 0.0246. The molecule has 0 amide bonds. The van der Waals surface area contributed by atoms with Crippen LogP contribution in [0.5, 0.6) is 0 Å². The molecule has 8 heteroatoms. The van der Waals surface area contributed by atoms with Gasteiger partial charge in [-0.1, -0.05) is 28.1 Å². The lowest BCUT2D eigenvalue weighted by Crippen LogP contribution is -2.30. The molecule has 0 fully saturated rings. The molecule has 152 valence electrons. The molecule has 0 spiro atoms. The van der Waals surface area contributed by atoms with Crippen molar-refractivity contribution in [2.24, 2.45) is 0 Å². The monoisotopic (exact) mass is 477 g/mol. The van der Waals surface area contributed by atoms with Crippen LogP contribution in [0.4, 0.5) is 5.69 Å². The third-order valence-electron chi connectivity index (χ3n) is 4.58. The van der Waals surface area contributed by atoms with Crippen LogP contribution in [0.2, 0.25) is 0 Å². The van der Waals surface area contributed by atoms with Gasteiger partial charge in [0.05, 0.1) is 11.4 Å². The first-order chi connectivity index (χ1) is 13.8. The van der Waals surface area contributed by atoms with Gasteiger partial charge in [0.15, 0.2) is 12.4 Å². The topological polar surface area (TPSA) is 80.8 Å². The van der Waals surface area contributed by atoms with Crippen LogP contribution >= 0.6 is 15.9 Å². The SMILES string of the molecule is CCS(=O)(=O)N1CCc2cc(C(=O)COC(=O)/C=C/c3ccc(Br)cc3)ccc21. The lowest BCUT2D eigenvalue weighted by Gasteiger charge is -2.18. The zero-order valence-corrected chi connectivity index (χ0v) is 18.2. The molecule has 0 radical (unpaired) electrons. The minimum Gasteiger partial charge on any atom is -0.454 e. The van der Waals surface area contributed by atoms with Gasteiger partial charge < -0.3 is 4.74 Å². The molecule has 0 bridgehead atoms. The van der Waals surface area contributed by atoms with E-state index in [1.165, 1.54) is 10.4 Å². The Kier molecular flexibility index (Phi) is 6.54. The Morgan fingerprint density at radius 3 is 2.59 bits per heavy atom. The van der Waals surface area contributed by atoms with Crippen molar-refractivity contribution in [3.05, 3.63) is 69.7 Å². The second kappa shape index (κ2) is 8.92. The van der Waals surface area contributed by atoms with E-state index in [2.05, 4.69) is 15.9 Å². The van der Waals surface area contributed by atoms with Crippen molar-refractivity contribution in [3.8, 4) is 0 Å². The van der Waals surface area contributed by atoms with Crippen LogP contribution in [-0.4, -0.2) is 39.1 Å². The van der Waals surface area contributed by atoms with E-state index in [9.17, 15) is 18.0 Å². The second-order valence-corrected chi connectivity index (χ2v) is 9.58. The van der Waals surface area contributed by atoms with Crippen molar-refractivity contribution in [3.63, 3.8) is 0 Å². The number of halogens is 1. The van der Waals surface area contributed by atoms with Crippen molar-refractivity contribution < 1.29 is 22.7 Å². The molecule has 0 saturated heterocycles. The molecule has 0 atom stereocenters. The number of fused-ring (bicyclic) bond motifs is 1. The molecule has 2 aromatic carbocycles. The molecule has 6 nitrogen and oxygen atoms in total. The third-order valence-corrected chi connectivity index (χ3v) is 6.89. The highest BCUT2D eigenvalue weighted by atomic mass is 79.9. The normalized spacial score (nSPS) is 13.5. The van der Waals surface area contributed by atoms with Gasteiger partial charge >= 0.3 is 5.97 Å². The minimum atomic E-state index is -3.33. The van der Waals surface area contributed by atoms with Crippen LogP contribution in [0.3, 0.4) is 0 Å². The summed E-state index contributed by atoms with van der Waals surface area (Å²) in [5.74, 6) is -0.922. The van der Waals surface area contributed by atoms with Crippen molar-refractivity contribution in [1.29, 1.82) is 0 Å². The number of ether oxygens (including phenoxy) is 1. The number of nitrogens with zero attached hydrogens (tertiary/aromatic N) is 1. The number of benzene rings is 2. The number of carbonyl (C=O) groups excluding carboxylic acids is 2. The standard InChI is InChI=1S/C21H20BrNO5S/c1-2-29(26,27)23-12-11-16-13-17(6-9-19(16)23)20(24)14-28-21(25)10-5-15-3-7-18(22)8-4-15/h3-10,13H,2,11-12,14H2,1H3/b10-5+. The fraction of sp³-hybridized carbons (Fsp3) is 0.238. The quantitative estimate of drug-likeness (QED) is 0.345. The molecule has 3 rings (SSSR count). The second-order valence-electron chi connectivity index (χ2n) is 6.48. The fourth-order valence-corrected chi connectivity index (χ4v) is 4.42. The van der Waals surface area contributed by atoms with Crippen LogP contribution in [0, 0.1) is 0 Å². The summed E-state index contributed by atoms with van der Waals surface area (Å²) in [5, 5.41) is 0. The first-order valence-corrected chi connectivity index (χ1v) is 11.5. The Balaban J connectivity index is 1.60. The van der Waals surface area contributed by atoms with Gasteiger partial charge in [-0.3, -0.25) is 9.10 Å². The summed E-state index contributed by atoms with van der Waals surface area (Å²) in [6, 6.07) is 12.3. The average molecular weight is 478 g/mol. The van der Waals surface area contributed by atoms with Gasteiger partial charge in [-0.15, -0.1) is 0 Å². The number of carbonyl (C=O) groups is 2. The van der Waals surface area contributed by atoms with Gasteiger partial charge in [-0.25, -0.2) is 13.2 Å². The summed E-state index contributed by atoms with van der Waals surface area (Å²) >= 11 is 3.34. The number of hydrogen-bond donors (Lipinski definition) is 0. The number of sulfonamides is 1. The van der Waals surface area contributed by atoms with Crippen LogP contribution in [0.15, 0.2) is 53.0 Å². The summed E-state index contributed by atoms with van der Waals surface area (Å²) in [4.78, 5) is 24.2. The molecule has 0 N–H and O–H groups in total. The Bertz CT molecular complexity index is 1060. The maximum atomic E-state index is 12.4. The zero-order chi connectivity index (χ0) is 21.0. The van der Waals surface area contributed by atoms with Crippen LogP contribution in [0.25, 0.3) is 6.08 Å². The highest BCUT2D eigenvalue weighted by Crippen LogP contribution is 2.31. The van der Waals surface area contributed by atoms with Crippen molar-refractivity contribution in [2.45, 2.75) is 13.3 Å². The summed E-state index contributed by atoms with van der Waals surface area (Å²) in [6.45, 7) is 1.60. The highest BCUT2D eigenvalue weighted by molar-refractivity contribution is 9.10. The molecule has 0 aliphatic carbocycles. The van der Waals surface area contributed by atoms with Gasteiger partial charge in [0.2, 0.25) is 10.0 Å². The number of esters is 1.